The summed E-state index contributed by atoms with van der Waals surface area (Å²) in [5, 5.41) is 5.44. The molecule has 3 rings (SSSR count). The Morgan fingerprint density at radius 3 is 2.24 bits per heavy atom. The predicted octanol–water partition coefficient (Wildman–Crippen LogP) is 5.04. The first-order valence-corrected chi connectivity index (χ1v) is 11.2. The van der Waals surface area contributed by atoms with Crippen molar-refractivity contribution in [2.75, 3.05) is 19.0 Å². The summed E-state index contributed by atoms with van der Waals surface area (Å²) in [6.07, 6.45) is 1.57. The fourth-order valence-electron chi connectivity index (χ4n) is 2.96. The van der Waals surface area contributed by atoms with Gasteiger partial charge in [0.05, 0.1) is 24.8 Å². The number of hydrogen-bond donors (Lipinski definition) is 2. The molecule has 0 aliphatic rings. The van der Waals surface area contributed by atoms with E-state index < -0.39 is 17.8 Å². The van der Waals surface area contributed by atoms with Crippen LogP contribution in [0.25, 0.3) is 6.08 Å². The van der Waals surface area contributed by atoms with E-state index in [9.17, 15) is 14.4 Å². The van der Waals surface area contributed by atoms with Gasteiger partial charge >= 0.3 is 5.97 Å². The SMILES string of the molecule is CCOC(=O)c1ccc(NC(=O)/C(=C\c2ccc(OC)cc2)NC(=O)c2ccccc2Br)cc1. The van der Waals surface area contributed by atoms with Gasteiger partial charge in [-0.15, -0.1) is 0 Å². The number of amides is 2. The highest BCUT2D eigenvalue weighted by molar-refractivity contribution is 9.10. The first-order valence-electron chi connectivity index (χ1n) is 10.4. The maximum atomic E-state index is 13.1. The number of esters is 1. The fraction of sp³-hybridized carbons (Fsp3) is 0.115. The van der Waals surface area contributed by atoms with Crippen LogP contribution < -0.4 is 15.4 Å². The van der Waals surface area contributed by atoms with Crippen LogP contribution in [0.2, 0.25) is 0 Å². The number of benzene rings is 3. The van der Waals surface area contributed by atoms with Gasteiger partial charge in [0.15, 0.2) is 0 Å². The van der Waals surface area contributed by atoms with Gasteiger partial charge in [-0.3, -0.25) is 9.59 Å². The van der Waals surface area contributed by atoms with Gasteiger partial charge in [-0.05, 0) is 83.0 Å². The maximum Gasteiger partial charge on any atom is 0.338 e. The molecule has 0 saturated heterocycles. The molecule has 0 unspecified atom stereocenters. The van der Waals surface area contributed by atoms with E-state index in [-0.39, 0.29) is 12.3 Å². The maximum absolute atomic E-state index is 13.1. The van der Waals surface area contributed by atoms with Crippen LogP contribution in [-0.2, 0) is 9.53 Å². The molecule has 3 aromatic carbocycles. The molecule has 0 spiro atoms. The lowest BCUT2D eigenvalue weighted by Gasteiger charge is -2.12. The molecule has 0 fully saturated rings. The molecule has 34 heavy (non-hydrogen) atoms. The van der Waals surface area contributed by atoms with Gasteiger partial charge in [-0.25, -0.2) is 4.79 Å². The van der Waals surface area contributed by atoms with E-state index in [1.807, 2.05) is 0 Å². The molecule has 174 valence electrons. The Kier molecular flexibility index (Phi) is 8.59. The Bertz CT molecular complexity index is 1200. The Hall–Kier alpha value is -3.91. The van der Waals surface area contributed by atoms with Crippen molar-refractivity contribution in [3.8, 4) is 5.75 Å². The van der Waals surface area contributed by atoms with E-state index in [0.717, 1.165) is 0 Å². The first-order chi connectivity index (χ1) is 16.4. The molecule has 0 aliphatic carbocycles. The highest BCUT2D eigenvalue weighted by Gasteiger charge is 2.17. The molecule has 0 aliphatic heterocycles. The summed E-state index contributed by atoms with van der Waals surface area (Å²) in [6, 6.07) is 20.3. The third kappa shape index (κ3) is 6.55. The number of carbonyl (C=O) groups is 3. The Labute approximate surface area is 205 Å². The Balaban J connectivity index is 1.85. The first kappa shape index (κ1) is 24.7. The third-order valence-electron chi connectivity index (χ3n) is 4.69. The molecule has 0 atom stereocenters. The second kappa shape index (κ2) is 11.8. The van der Waals surface area contributed by atoms with E-state index in [2.05, 4.69) is 26.6 Å². The minimum absolute atomic E-state index is 0.0420. The topological polar surface area (TPSA) is 93.7 Å². The standard InChI is InChI=1S/C26H23BrN2O5/c1-3-34-26(32)18-10-12-19(13-11-18)28-25(31)23(16-17-8-14-20(33-2)15-9-17)29-24(30)21-6-4-5-7-22(21)27/h4-16H,3H2,1-2H3,(H,28,31)(H,29,30)/b23-16+. The average Bonchev–Trinajstić information content (AvgIpc) is 2.85. The molecular weight excluding hydrogens is 500 g/mol. The molecule has 0 heterocycles. The second-order valence-electron chi connectivity index (χ2n) is 7.02. The minimum atomic E-state index is -0.528. The summed E-state index contributed by atoms with van der Waals surface area (Å²) in [4.78, 5) is 37.8. The van der Waals surface area contributed by atoms with Gasteiger partial charge in [0.1, 0.15) is 11.4 Å². The van der Waals surface area contributed by atoms with Crippen LogP contribution in [0.15, 0.2) is 83.0 Å². The number of anilines is 1. The van der Waals surface area contributed by atoms with Crippen molar-refractivity contribution in [3.63, 3.8) is 0 Å². The highest BCUT2D eigenvalue weighted by Crippen LogP contribution is 2.18. The summed E-state index contributed by atoms with van der Waals surface area (Å²) >= 11 is 3.36. The molecule has 0 aromatic heterocycles. The fourth-order valence-corrected chi connectivity index (χ4v) is 3.43. The lowest BCUT2D eigenvalue weighted by Crippen LogP contribution is -2.31. The molecular formula is C26H23BrN2O5. The van der Waals surface area contributed by atoms with Crippen molar-refractivity contribution in [1.29, 1.82) is 0 Å². The van der Waals surface area contributed by atoms with Crippen LogP contribution in [-0.4, -0.2) is 31.5 Å². The minimum Gasteiger partial charge on any atom is -0.497 e. The van der Waals surface area contributed by atoms with Crippen LogP contribution in [0.4, 0.5) is 5.69 Å². The molecule has 0 saturated carbocycles. The quantitative estimate of drug-likeness (QED) is 0.319. The average molecular weight is 523 g/mol. The molecule has 0 bridgehead atoms. The van der Waals surface area contributed by atoms with Gasteiger partial charge in [0, 0.05) is 10.2 Å². The van der Waals surface area contributed by atoms with Crippen LogP contribution in [0, 0.1) is 0 Å². The lowest BCUT2D eigenvalue weighted by molar-refractivity contribution is -0.113. The number of hydrogen-bond acceptors (Lipinski definition) is 5. The number of nitrogens with one attached hydrogen (secondary N) is 2. The van der Waals surface area contributed by atoms with E-state index in [0.29, 0.717) is 32.6 Å². The predicted molar refractivity (Wildman–Crippen MR) is 134 cm³/mol. The number of ether oxygens (including phenoxy) is 2. The van der Waals surface area contributed by atoms with Gasteiger partial charge < -0.3 is 20.1 Å². The summed E-state index contributed by atoms with van der Waals surface area (Å²) in [5.41, 5.74) is 1.94. The monoisotopic (exact) mass is 522 g/mol. The van der Waals surface area contributed by atoms with Crippen molar-refractivity contribution in [3.05, 3.63) is 99.7 Å². The summed E-state index contributed by atoms with van der Waals surface area (Å²) in [7, 11) is 1.56. The van der Waals surface area contributed by atoms with Crippen LogP contribution in [0.1, 0.15) is 33.2 Å². The molecule has 7 nitrogen and oxygen atoms in total. The van der Waals surface area contributed by atoms with E-state index in [1.54, 1.807) is 92.9 Å². The second-order valence-corrected chi connectivity index (χ2v) is 7.87. The zero-order chi connectivity index (χ0) is 24.5. The molecule has 8 heteroatoms. The highest BCUT2D eigenvalue weighted by atomic mass is 79.9. The number of rotatable bonds is 8. The Morgan fingerprint density at radius 1 is 0.941 bits per heavy atom. The third-order valence-corrected chi connectivity index (χ3v) is 5.38. The van der Waals surface area contributed by atoms with Crippen LogP contribution in [0.5, 0.6) is 5.75 Å². The van der Waals surface area contributed by atoms with Crippen molar-refractivity contribution < 1.29 is 23.9 Å². The largest absolute Gasteiger partial charge is 0.497 e. The summed E-state index contributed by atoms with van der Waals surface area (Å²) in [5.74, 6) is -0.747. The van der Waals surface area contributed by atoms with Crippen molar-refractivity contribution in [2.24, 2.45) is 0 Å². The normalized spacial score (nSPS) is 10.9. The van der Waals surface area contributed by atoms with Crippen LogP contribution in [0.3, 0.4) is 0 Å². The van der Waals surface area contributed by atoms with E-state index in [1.165, 1.54) is 0 Å². The smallest absolute Gasteiger partial charge is 0.338 e. The van der Waals surface area contributed by atoms with E-state index in [4.69, 9.17) is 9.47 Å². The summed E-state index contributed by atoms with van der Waals surface area (Å²) < 4.78 is 10.7. The molecule has 0 radical (unpaired) electrons. The van der Waals surface area contributed by atoms with Gasteiger partial charge in [-0.1, -0.05) is 24.3 Å². The summed E-state index contributed by atoms with van der Waals surface area (Å²) in [6.45, 7) is 2.00. The van der Waals surface area contributed by atoms with E-state index >= 15 is 0 Å². The van der Waals surface area contributed by atoms with Crippen molar-refractivity contribution >= 4 is 45.5 Å². The van der Waals surface area contributed by atoms with Crippen molar-refractivity contribution in [2.45, 2.75) is 6.92 Å². The van der Waals surface area contributed by atoms with Crippen molar-refractivity contribution in [1.82, 2.24) is 5.32 Å². The Morgan fingerprint density at radius 2 is 1.62 bits per heavy atom. The lowest BCUT2D eigenvalue weighted by atomic mass is 10.1. The zero-order valence-electron chi connectivity index (χ0n) is 18.6. The van der Waals surface area contributed by atoms with Gasteiger partial charge in [0.25, 0.3) is 11.8 Å². The number of methoxy groups -OCH3 is 1. The molecule has 3 aromatic rings. The molecule has 2 N–H and O–H groups in total. The zero-order valence-corrected chi connectivity index (χ0v) is 20.2. The van der Waals surface area contributed by atoms with Crippen LogP contribution >= 0.6 is 15.9 Å². The molecule has 2 amide bonds. The van der Waals surface area contributed by atoms with Gasteiger partial charge in [-0.2, -0.15) is 0 Å². The van der Waals surface area contributed by atoms with Gasteiger partial charge in [0.2, 0.25) is 0 Å². The number of carbonyl (C=O) groups excluding carboxylic acids is 3. The number of halogens is 1.